The minimum absolute atomic E-state index is 0.229. The van der Waals surface area contributed by atoms with Crippen molar-refractivity contribution in [2.75, 3.05) is 38.6 Å². The van der Waals surface area contributed by atoms with E-state index in [1.165, 1.54) is 12.0 Å². The van der Waals surface area contributed by atoms with Crippen LogP contribution in [0.3, 0.4) is 0 Å². The lowest BCUT2D eigenvalue weighted by Gasteiger charge is -2.24. The van der Waals surface area contributed by atoms with Crippen molar-refractivity contribution in [3.63, 3.8) is 0 Å². The van der Waals surface area contributed by atoms with E-state index in [2.05, 4.69) is 10.6 Å². The number of hydrogen-bond acceptors (Lipinski definition) is 7. The Morgan fingerprint density at radius 1 is 1.03 bits per heavy atom. The monoisotopic (exact) mass is 518 g/mol. The van der Waals surface area contributed by atoms with Crippen molar-refractivity contribution in [1.82, 2.24) is 10.2 Å². The lowest BCUT2D eigenvalue weighted by atomic mass is 10.0. The molecule has 8 N–H and O–H groups in total. The summed E-state index contributed by atoms with van der Waals surface area (Å²) in [4.78, 5) is 40.0. The summed E-state index contributed by atoms with van der Waals surface area (Å²) in [6.45, 7) is 1.17. The average Bonchev–Trinajstić information content (AvgIpc) is 2.86. The zero-order valence-electron chi connectivity index (χ0n) is 20.4. The number of nitrogens with zero attached hydrogens (tertiary/aromatic N) is 1. The fourth-order valence-corrected chi connectivity index (χ4v) is 3.82. The first-order chi connectivity index (χ1) is 17.3. The second kappa shape index (κ2) is 15.0. The first-order valence-electron chi connectivity index (χ1n) is 11.7. The Hall–Kier alpha value is -3.18. The first-order valence-corrected chi connectivity index (χ1v) is 12.1. The number of methoxy groups -OCH3 is 1. The summed E-state index contributed by atoms with van der Waals surface area (Å²) >= 11 is 6.16. The normalized spacial score (nSPS) is 12.4. The topological polar surface area (TPSA) is 166 Å². The van der Waals surface area contributed by atoms with Gasteiger partial charge in [0.25, 0.3) is 0 Å². The highest BCUT2D eigenvalue weighted by atomic mass is 35.5. The van der Waals surface area contributed by atoms with Gasteiger partial charge in [-0.3, -0.25) is 14.4 Å². The predicted molar refractivity (Wildman–Crippen MR) is 141 cm³/mol. The van der Waals surface area contributed by atoms with Crippen molar-refractivity contribution in [3.8, 4) is 5.75 Å². The fourth-order valence-electron chi connectivity index (χ4n) is 3.56. The third-order valence-electron chi connectivity index (χ3n) is 5.50. The average molecular weight is 519 g/mol. The minimum atomic E-state index is -1.14. The number of nitrogens with one attached hydrogen (secondary N) is 2. The third-order valence-corrected chi connectivity index (χ3v) is 5.79. The number of amides is 3. The first kappa shape index (κ1) is 29.1. The Balaban J connectivity index is 2.10. The van der Waals surface area contributed by atoms with Crippen LogP contribution in [0.5, 0.6) is 5.75 Å². The van der Waals surface area contributed by atoms with E-state index in [-0.39, 0.29) is 25.4 Å². The molecule has 2 aromatic rings. The van der Waals surface area contributed by atoms with E-state index >= 15 is 0 Å². The van der Waals surface area contributed by atoms with E-state index < -0.39 is 23.9 Å². The highest BCUT2D eigenvalue weighted by Crippen LogP contribution is 2.27. The van der Waals surface area contributed by atoms with Gasteiger partial charge in [-0.2, -0.15) is 0 Å². The predicted octanol–water partition coefficient (Wildman–Crippen LogP) is 0.868. The highest BCUT2D eigenvalue weighted by molar-refractivity contribution is 6.32. The molecule has 0 spiro atoms. The van der Waals surface area contributed by atoms with Crippen LogP contribution in [0.25, 0.3) is 0 Å². The molecule has 11 heteroatoms. The van der Waals surface area contributed by atoms with Gasteiger partial charge in [0, 0.05) is 31.9 Å². The van der Waals surface area contributed by atoms with E-state index in [1.807, 2.05) is 30.3 Å². The Kier molecular flexibility index (Phi) is 12.1. The maximum Gasteiger partial charge on any atom is 0.246 e. The number of nitrogens with two attached hydrogens (primary N) is 3. The molecule has 0 aliphatic heterocycles. The zero-order valence-corrected chi connectivity index (χ0v) is 21.2. The number of carbonyl (C=O) groups is 3. The number of rotatable bonds is 14. The molecule has 2 rings (SSSR count). The molecule has 0 bridgehead atoms. The van der Waals surface area contributed by atoms with Crippen LogP contribution in [0.15, 0.2) is 48.5 Å². The third kappa shape index (κ3) is 9.12. The van der Waals surface area contributed by atoms with Gasteiger partial charge in [0.2, 0.25) is 17.7 Å². The highest BCUT2D eigenvalue weighted by Gasteiger charge is 2.26. The van der Waals surface area contributed by atoms with Crippen LogP contribution >= 0.6 is 11.6 Å². The van der Waals surface area contributed by atoms with Crippen molar-refractivity contribution in [2.24, 2.45) is 17.2 Å². The van der Waals surface area contributed by atoms with Crippen molar-refractivity contribution >= 4 is 35.0 Å². The molecule has 0 heterocycles. The number of ether oxygens (including phenoxy) is 1. The van der Waals surface area contributed by atoms with E-state index in [1.54, 1.807) is 18.2 Å². The van der Waals surface area contributed by atoms with Crippen molar-refractivity contribution in [2.45, 2.75) is 31.3 Å². The largest absolute Gasteiger partial charge is 0.495 e. The molecule has 0 saturated heterocycles. The van der Waals surface area contributed by atoms with Gasteiger partial charge < -0.3 is 37.5 Å². The van der Waals surface area contributed by atoms with Crippen LogP contribution in [0.4, 0.5) is 5.69 Å². The van der Waals surface area contributed by atoms with Gasteiger partial charge >= 0.3 is 0 Å². The molecule has 2 atom stereocenters. The maximum atomic E-state index is 13.1. The second-order valence-corrected chi connectivity index (χ2v) is 8.60. The standard InChI is InChI=1S/C25H35ClN6O4/c1-36-22-10-8-18(15-19(22)26)30-25(35)21(9-7-17-5-3-2-4-6-17)31-24(34)20(29)16-23(33)32(13-11-27)14-12-28/h2-6,8,10,15,20-21H,7,9,11-14,16,27-29H2,1H3,(H,30,35)(H,31,34). The molecular weight excluding hydrogens is 484 g/mol. The lowest BCUT2D eigenvalue weighted by molar-refractivity contribution is -0.134. The summed E-state index contributed by atoms with van der Waals surface area (Å²) in [5, 5.41) is 5.80. The lowest BCUT2D eigenvalue weighted by Crippen LogP contribution is -2.52. The van der Waals surface area contributed by atoms with Crippen LogP contribution in [-0.4, -0.2) is 68.0 Å². The number of halogens is 1. The molecule has 0 aliphatic carbocycles. The number of carbonyl (C=O) groups excluding carboxylic acids is 3. The molecule has 0 radical (unpaired) electrons. The van der Waals surface area contributed by atoms with Crippen LogP contribution in [0.2, 0.25) is 5.02 Å². The quantitative estimate of drug-likeness (QED) is 0.247. The van der Waals surface area contributed by atoms with E-state index in [0.29, 0.717) is 42.4 Å². The van der Waals surface area contributed by atoms with Gasteiger partial charge in [-0.1, -0.05) is 41.9 Å². The molecule has 196 valence electrons. The molecule has 2 aromatic carbocycles. The Bertz CT molecular complexity index is 1000. The molecule has 36 heavy (non-hydrogen) atoms. The number of benzene rings is 2. The summed E-state index contributed by atoms with van der Waals surface area (Å²) < 4.78 is 5.14. The summed E-state index contributed by atoms with van der Waals surface area (Å²) in [5.74, 6) is -0.902. The van der Waals surface area contributed by atoms with Gasteiger partial charge in [0.05, 0.1) is 24.6 Å². The van der Waals surface area contributed by atoms with Crippen LogP contribution in [0, 0.1) is 0 Å². The molecule has 3 amide bonds. The Labute approximate surface area is 216 Å². The van der Waals surface area contributed by atoms with Gasteiger partial charge in [-0.25, -0.2) is 0 Å². The SMILES string of the molecule is COc1ccc(NC(=O)C(CCc2ccccc2)NC(=O)C(N)CC(=O)N(CCN)CCN)cc1Cl. The van der Waals surface area contributed by atoms with Gasteiger partial charge in [-0.15, -0.1) is 0 Å². The number of anilines is 1. The van der Waals surface area contributed by atoms with Crippen LogP contribution < -0.4 is 32.6 Å². The molecule has 0 saturated carbocycles. The smallest absolute Gasteiger partial charge is 0.246 e. The molecule has 0 aromatic heterocycles. The van der Waals surface area contributed by atoms with Gasteiger partial charge in [-0.05, 0) is 36.6 Å². The summed E-state index contributed by atoms with van der Waals surface area (Å²) in [7, 11) is 1.49. The zero-order chi connectivity index (χ0) is 26.5. The van der Waals surface area contributed by atoms with Gasteiger partial charge in [0.1, 0.15) is 11.8 Å². The molecule has 2 unspecified atom stereocenters. The summed E-state index contributed by atoms with van der Waals surface area (Å²) in [6, 6.07) is 12.4. The second-order valence-electron chi connectivity index (χ2n) is 8.19. The fraction of sp³-hybridized carbons (Fsp3) is 0.400. The van der Waals surface area contributed by atoms with E-state index in [4.69, 9.17) is 33.5 Å². The molecular formula is C25H35ClN6O4. The van der Waals surface area contributed by atoms with Crippen molar-refractivity contribution in [3.05, 3.63) is 59.1 Å². The summed E-state index contributed by atoms with van der Waals surface area (Å²) in [6.07, 6.45) is 0.628. The minimum Gasteiger partial charge on any atom is -0.495 e. The number of hydrogen-bond donors (Lipinski definition) is 5. The Morgan fingerprint density at radius 3 is 2.28 bits per heavy atom. The Morgan fingerprint density at radius 2 is 1.69 bits per heavy atom. The molecule has 0 fully saturated rings. The van der Waals surface area contributed by atoms with Crippen LogP contribution in [-0.2, 0) is 20.8 Å². The van der Waals surface area contributed by atoms with Gasteiger partial charge in [0.15, 0.2) is 0 Å². The summed E-state index contributed by atoms with van der Waals surface area (Å²) in [5.41, 5.74) is 18.6. The molecule has 10 nitrogen and oxygen atoms in total. The van der Waals surface area contributed by atoms with Crippen molar-refractivity contribution < 1.29 is 19.1 Å². The van der Waals surface area contributed by atoms with Crippen molar-refractivity contribution in [1.29, 1.82) is 0 Å². The number of aryl methyl sites for hydroxylation is 1. The molecule has 0 aliphatic rings. The van der Waals surface area contributed by atoms with Crippen LogP contribution in [0.1, 0.15) is 18.4 Å². The van der Waals surface area contributed by atoms with E-state index in [9.17, 15) is 14.4 Å². The van der Waals surface area contributed by atoms with E-state index in [0.717, 1.165) is 5.56 Å². The maximum absolute atomic E-state index is 13.1.